The molecule has 1 aromatic carbocycles. The molecule has 0 aromatic heterocycles. The van der Waals surface area contributed by atoms with Crippen LogP contribution in [0.25, 0.3) is 0 Å². The minimum Gasteiger partial charge on any atom is -0.465 e. The number of benzene rings is 1. The van der Waals surface area contributed by atoms with E-state index in [2.05, 4.69) is 0 Å². The maximum atomic E-state index is 12.3. The first kappa shape index (κ1) is 16.9. The lowest BCUT2D eigenvalue weighted by Gasteiger charge is -2.32. The fourth-order valence-electron chi connectivity index (χ4n) is 2.41. The minimum absolute atomic E-state index is 0.0207. The number of hydrogen-bond donors (Lipinski definition) is 2. The summed E-state index contributed by atoms with van der Waals surface area (Å²) in [5, 5.41) is -1.92. The molecule has 0 aliphatic heterocycles. The van der Waals surface area contributed by atoms with Gasteiger partial charge in [-0.3, -0.25) is 9.36 Å². The summed E-state index contributed by atoms with van der Waals surface area (Å²) in [6.45, 7) is 5.16. The summed E-state index contributed by atoms with van der Waals surface area (Å²) in [4.78, 5) is 31.9. The van der Waals surface area contributed by atoms with Crippen molar-refractivity contribution in [1.29, 1.82) is 0 Å². The van der Waals surface area contributed by atoms with Gasteiger partial charge < -0.3 is 14.5 Å². The number of esters is 1. The van der Waals surface area contributed by atoms with Crippen LogP contribution in [-0.2, 0) is 25.7 Å². The Labute approximate surface area is 119 Å². The Morgan fingerprint density at radius 1 is 1.25 bits per heavy atom. The zero-order valence-corrected chi connectivity index (χ0v) is 12.9. The normalized spacial score (nSPS) is 14.7. The molecule has 5 nitrogen and oxygen atoms in total. The van der Waals surface area contributed by atoms with Gasteiger partial charge in [0, 0.05) is 0 Å². The summed E-state index contributed by atoms with van der Waals surface area (Å²) in [5.74, 6) is -0.864. The monoisotopic (exact) mass is 300 g/mol. The molecule has 0 fully saturated rings. The van der Waals surface area contributed by atoms with Gasteiger partial charge in [0.25, 0.3) is 0 Å². The van der Waals surface area contributed by atoms with Crippen LogP contribution in [0.1, 0.15) is 38.3 Å². The summed E-state index contributed by atoms with van der Waals surface area (Å²) in [5.41, 5.74) is 1.10. The number of carbonyl (C=O) groups is 1. The first-order valence-electron chi connectivity index (χ1n) is 6.66. The standard InChI is InChI=1S/C14H21O5P/c1-4-11-9-7-8-10-12(11)14(5-2,20(16,17)18)13(15)19-6-3/h7-10H,4-6H2,1-3H3,(H2,16,17,18). The van der Waals surface area contributed by atoms with Gasteiger partial charge in [-0.15, -0.1) is 0 Å². The molecule has 1 unspecified atom stereocenters. The average Bonchev–Trinajstić information content (AvgIpc) is 2.39. The van der Waals surface area contributed by atoms with Gasteiger partial charge in [-0.2, -0.15) is 0 Å². The highest BCUT2D eigenvalue weighted by atomic mass is 31.2. The van der Waals surface area contributed by atoms with Crippen molar-refractivity contribution in [3.63, 3.8) is 0 Å². The third-order valence-electron chi connectivity index (χ3n) is 3.47. The van der Waals surface area contributed by atoms with Gasteiger partial charge in [0.15, 0.2) is 5.16 Å². The molecule has 0 aliphatic rings. The molecule has 6 heteroatoms. The second-order valence-electron chi connectivity index (χ2n) is 4.49. The molecule has 1 rings (SSSR count). The average molecular weight is 300 g/mol. The molecule has 1 aromatic rings. The van der Waals surface area contributed by atoms with E-state index >= 15 is 0 Å². The summed E-state index contributed by atoms with van der Waals surface area (Å²) < 4.78 is 17.0. The Hall–Kier alpha value is -1.16. The van der Waals surface area contributed by atoms with Crippen molar-refractivity contribution in [2.45, 2.75) is 38.8 Å². The molecule has 0 spiro atoms. The molecule has 0 amide bonds. The Bertz CT molecular complexity index is 522. The molecule has 0 saturated heterocycles. The highest BCUT2D eigenvalue weighted by Crippen LogP contribution is 2.60. The van der Waals surface area contributed by atoms with E-state index in [0.717, 1.165) is 5.56 Å². The first-order valence-corrected chi connectivity index (χ1v) is 8.27. The van der Waals surface area contributed by atoms with E-state index in [-0.39, 0.29) is 13.0 Å². The van der Waals surface area contributed by atoms with E-state index in [0.29, 0.717) is 12.0 Å². The van der Waals surface area contributed by atoms with Crippen LogP contribution in [0.5, 0.6) is 0 Å². The van der Waals surface area contributed by atoms with E-state index in [4.69, 9.17) is 4.74 Å². The number of carbonyl (C=O) groups excluding carboxylic acids is 1. The highest BCUT2D eigenvalue weighted by molar-refractivity contribution is 7.54. The number of aryl methyl sites for hydroxylation is 1. The van der Waals surface area contributed by atoms with Crippen molar-refractivity contribution in [3.05, 3.63) is 35.4 Å². The molecule has 112 valence electrons. The molecule has 0 saturated carbocycles. The summed E-state index contributed by atoms with van der Waals surface area (Å²) in [6.07, 6.45) is 0.560. The molecule has 0 bridgehead atoms. The largest absolute Gasteiger partial charge is 0.465 e. The van der Waals surface area contributed by atoms with E-state index in [1.165, 1.54) is 0 Å². The SMILES string of the molecule is CCOC(=O)C(CC)(c1ccccc1CC)P(=O)(O)O. The highest BCUT2D eigenvalue weighted by Gasteiger charge is 2.55. The molecule has 2 N–H and O–H groups in total. The first-order chi connectivity index (χ1) is 9.35. The van der Waals surface area contributed by atoms with Crippen molar-refractivity contribution in [2.24, 2.45) is 0 Å². The summed E-state index contributed by atoms with van der Waals surface area (Å²) >= 11 is 0. The second-order valence-corrected chi connectivity index (χ2v) is 6.34. The molecule has 0 radical (unpaired) electrons. The zero-order valence-electron chi connectivity index (χ0n) is 12.0. The Kier molecular flexibility index (Phi) is 5.51. The van der Waals surface area contributed by atoms with E-state index in [1.54, 1.807) is 38.1 Å². The fraction of sp³-hybridized carbons (Fsp3) is 0.500. The maximum Gasteiger partial charge on any atom is 0.347 e. The van der Waals surface area contributed by atoms with Gasteiger partial charge in [0.1, 0.15) is 0 Å². The van der Waals surface area contributed by atoms with Crippen molar-refractivity contribution in [1.82, 2.24) is 0 Å². The summed E-state index contributed by atoms with van der Waals surface area (Å²) in [6, 6.07) is 6.83. The second kappa shape index (κ2) is 6.53. The number of ether oxygens (including phenoxy) is 1. The predicted octanol–water partition coefficient (Wildman–Crippen LogP) is 2.60. The van der Waals surface area contributed by atoms with Crippen LogP contribution in [0.3, 0.4) is 0 Å². The molecular weight excluding hydrogens is 279 g/mol. The minimum atomic E-state index is -4.73. The number of hydrogen-bond acceptors (Lipinski definition) is 3. The van der Waals surface area contributed by atoms with Crippen molar-refractivity contribution in [2.75, 3.05) is 6.61 Å². The summed E-state index contributed by atoms with van der Waals surface area (Å²) in [7, 11) is -4.73. The molecule has 1 atom stereocenters. The van der Waals surface area contributed by atoms with Gasteiger partial charge in [0.05, 0.1) is 6.61 Å². The van der Waals surface area contributed by atoms with Crippen molar-refractivity contribution in [3.8, 4) is 0 Å². The van der Waals surface area contributed by atoms with Gasteiger partial charge in [-0.1, -0.05) is 38.1 Å². The van der Waals surface area contributed by atoms with Gasteiger partial charge >= 0.3 is 13.6 Å². The number of rotatable bonds is 6. The quantitative estimate of drug-likeness (QED) is 0.623. The van der Waals surface area contributed by atoms with E-state index in [9.17, 15) is 19.1 Å². The van der Waals surface area contributed by atoms with Crippen LogP contribution in [0.2, 0.25) is 0 Å². The van der Waals surface area contributed by atoms with E-state index < -0.39 is 18.7 Å². The lowest BCUT2D eigenvalue weighted by Crippen LogP contribution is -2.37. The Balaban J connectivity index is 3.60. The van der Waals surface area contributed by atoms with Crippen molar-refractivity contribution >= 4 is 13.6 Å². The molecule has 20 heavy (non-hydrogen) atoms. The topological polar surface area (TPSA) is 83.8 Å². The third-order valence-corrected chi connectivity index (χ3v) is 5.20. The fourth-order valence-corrected chi connectivity index (χ4v) is 3.66. The van der Waals surface area contributed by atoms with Crippen LogP contribution < -0.4 is 0 Å². The van der Waals surface area contributed by atoms with Crippen LogP contribution in [0.4, 0.5) is 0 Å². The van der Waals surface area contributed by atoms with Crippen LogP contribution >= 0.6 is 7.60 Å². The van der Waals surface area contributed by atoms with Gasteiger partial charge in [-0.25, -0.2) is 0 Å². The smallest absolute Gasteiger partial charge is 0.347 e. The molecule has 0 heterocycles. The predicted molar refractivity (Wildman–Crippen MR) is 76.5 cm³/mol. The zero-order chi connectivity index (χ0) is 15.4. The van der Waals surface area contributed by atoms with Crippen molar-refractivity contribution < 1.29 is 23.9 Å². The molecular formula is C14H21O5P. The Morgan fingerprint density at radius 2 is 1.85 bits per heavy atom. The lowest BCUT2D eigenvalue weighted by atomic mass is 9.90. The van der Waals surface area contributed by atoms with Crippen LogP contribution in [0, 0.1) is 0 Å². The lowest BCUT2D eigenvalue weighted by molar-refractivity contribution is -0.147. The third kappa shape index (κ3) is 2.80. The van der Waals surface area contributed by atoms with Crippen LogP contribution in [0.15, 0.2) is 24.3 Å². The maximum absolute atomic E-state index is 12.3. The van der Waals surface area contributed by atoms with Gasteiger partial charge in [-0.05, 0) is 30.9 Å². The molecule has 0 aliphatic carbocycles. The Morgan fingerprint density at radius 3 is 2.30 bits per heavy atom. The van der Waals surface area contributed by atoms with E-state index in [1.807, 2.05) is 6.92 Å². The van der Waals surface area contributed by atoms with Crippen LogP contribution in [-0.4, -0.2) is 22.4 Å². The van der Waals surface area contributed by atoms with Gasteiger partial charge in [0.2, 0.25) is 0 Å².